The second kappa shape index (κ2) is 7.29. The SMILES string of the molecule is CCCCCN(C)c1ccccc1CNC. The number of nitrogens with zero attached hydrogens (tertiary/aromatic N) is 1. The summed E-state index contributed by atoms with van der Waals surface area (Å²) in [4.78, 5) is 2.36. The van der Waals surface area contributed by atoms with E-state index in [1.807, 2.05) is 7.05 Å². The summed E-state index contributed by atoms with van der Waals surface area (Å²) >= 11 is 0. The predicted molar refractivity (Wildman–Crippen MR) is 72.0 cm³/mol. The molecule has 16 heavy (non-hydrogen) atoms. The molecule has 0 spiro atoms. The minimum atomic E-state index is 0.939. The molecule has 0 aromatic heterocycles. The number of nitrogens with one attached hydrogen (secondary N) is 1. The average Bonchev–Trinajstić information content (AvgIpc) is 2.30. The van der Waals surface area contributed by atoms with Gasteiger partial charge >= 0.3 is 0 Å². The third-order valence-electron chi connectivity index (χ3n) is 2.87. The molecule has 1 aromatic carbocycles. The number of rotatable bonds is 7. The van der Waals surface area contributed by atoms with Crippen molar-refractivity contribution >= 4 is 5.69 Å². The van der Waals surface area contributed by atoms with Crippen LogP contribution in [0.4, 0.5) is 5.69 Å². The monoisotopic (exact) mass is 220 g/mol. The molecule has 0 radical (unpaired) electrons. The summed E-state index contributed by atoms with van der Waals surface area (Å²) in [5, 5.41) is 3.22. The van der Waals surface area contributed by atoms with Crippen molar-refractivity contribution in [3.05, 3.63) is 29.8 Å². The van der Waals surface area contributed by atoms with Crippen LogP contribution in [-0.4, -0.2) is 20.6 Å². The molecule has 0 unspecified atom stereocenters. The van der Waals surface area contributed by atoms with Crippen molar-refractivity contribution < 1.29 is 0 Å². The molecule has 0 aliphatic heterocycles. The second-order valence-corrected chi connectivity index (χ2v) is 4.29. The van der Waals surface area contributed by atoms with Crippen molar-refractivity contribution in [1.29, 1.82) is 0 Å². The highest BCUT2D eigenvalue weighted by molar-refractivity contribution is 5.52. The molecule has 0 aliphatic carbocycles. The number of anilines is 1. The third-order valence-corrected chi connectivity index (χ3v) is 2.87. The number of hydrogen-bond acceptors (Lipinski definition) is 2. The van der Waals surface area contributed by atoms with E-state index in [1.54, 1.807) is 0 Å². The molecule has 2 nitrogen and oxygen atoms in total. The molecule has 0 bridgehead atoms. The third kappa shape index (κ3) is 3.86. The summed E-state index contributed by atoms with van der Waals surface area (Å²) in [6.45, 7) is 4.33. The van der Waals surface area contributed by atoms with Crippen LogP contribution in [0.25, 0.3) is 0 Å². The quantitative estimate of drug-likeness (QED) is 0.711. The lowest BCUT2D eigenvalue weighted by atomic mass is 10.1. The Bertz CT molecular complexity index is 297. The van der Waals surface area contributed by atoms with E-state index >= 15 is 0 Å². The van der Waals surface area contributed by atoms with Gasteiger partial charge in [-0.25, -0.2) is 0 Å². The minimum absolute atomic E-state index is 0.939. The van der Waals surface area contributed by atoms with Crippen LogP contribution in [0.15, 0.2) is 24.3 Å². The Morgan fingerprint density at radius 2 is 1.94 bits per heavy atom. The Kier molecular flexibility index (Phi) is 5.94. The highest BCUT2D eigenvalue weighted by Gasteiger charge is 2.05. The summed E-state index contributed by atoms with van der Waals surface area (Å²) in [6.07, 6.45) is 3.88. The highest BCUT2D eigenvalue weighted by atomic mass is 15.1. The normalized spacial score (nSPS) is 10.4. The fourth-order valence-electron chi connectivity index (χ4n) is 1.94. The summed E-state index contributed by atoms with van der Waals surface area (Å²) in [6, 6.07) is 8.63. The number of benzene rings is 1. The Balaban J connectivity index is 2.62. The zero-order valence-electron chi connectivity index (χ0n) is 10.8. The maximum absolute atomic E-state index is 3.22. The van der Waals surface area contributed by atoms with Crippen molar-refractivity contribution in [3.63, 3.8) is 0 Å². The van der Waals surface area contributed by atoms with Gasteiger partial charge in [0.1, 0.15) is 0 Å². The van der Waals surface area contributed by atoms with Crippen LogP contribution in [0.5, 0.6) is 0 Å². The molecule has 0 heterocycles. The molecule has 90 valence electrons. The number of para-hydroxylation sites is 1. The van der Waals surface area contributed by atoms with E-state index in [9.17, 15) is 0 Å². The lowest BCUT2D eigenvalue weighted by Crippen LogP contribution is -2.21. The van der Waals surface area contributed by atoms with Gasteiger partial charge in [-0.3, -0.25) is 0 Å². The van der Waals surface area contributed by atoms with E-state index in [0.717, 1.165) is 13.1 Å². The molecule has 0 amide bonds. The Labute approximate surface area is 99.7 Å². The van der Waals surface area contributed by atoms with Gasteiger partial charge in [-0.05, 0) is 25.1 Å². The predicted octanol–water partition coefficient (Wildman–Crippen LogP) is 3.03. The van der Waals surface area contributed by atoms with Gasteiger partial charge in [0, 0.05) is 25.8 Å². The van der Waals surface area contributed by atoms with Crippen LogP contribution in [0.2, 0.25) is 0 Å². The van der Waals surface area contributed by atoms with Gasteiger partial charge in [0.25, 0.3) is 0 Å². The van der Waals surface area contributed by atoms with Crippen LogP contribution in [0.3, 0.4) is 0 Å². The zero-order valence-corrected chi connectivity index (χ0v) is 10.8. The molecule has 1 rings (SSSR count). The van der Waals surface area contributed by atoms with E-state index < -0.39 is 0 Å². The topological polar surface area (TPSA) is 15.3 Å². The zero-order chi connectivity index (χ0) is 11.8. The lowest BCUT2D eigenvalue weighted by Gasteiger charge is -2.22. The first-order valence-corrected chi connectivity index (χ1v) is 6.23. The number of unbranched alkanes of at least 4 members (excludes halogenated alkanes) is 2. The Hall–Kier alpha value is -1.02. The van der Waals surface area contributed by atoms with E-state index in [4.69, 9.17) is 0 Å². The van der Waals surface area contributed by atoms with Gasteiger partial charge in [-0.1, -0.05) is 38.0 Å². The molecular weight excluding hydrogens is 196 g/mol. The van der Waals surface area contributed by atoms with Crippen molar-refractivity contribution in [1.82, 2.24) is 5.32 Å². The molecule has 0 fully saturated rings. The van der Waals surface area contributed by atoms with Gasteiger partial charge in [0.15, 0.2) is 0 Å². The Morgan fingerprint density at radius 1 is 1.19 bits per heavy atom. The maximum atomic E-state index is 3.22. The fourth-order valence-corrected chi connectivity index (χ4v) is 1.94. The van der Waals surface area contributed by atoms with E-state index in [2.05, 4.69) is 48.5 Å². The average molecular weight is 220 g/mol. The van der Waals surface area contributed by atoms with Crippen LogP contribution in [-0.2, 0) is 6.54 Å². The van der Waals surface area contributed by atoms with Crippen molar-refractivity contribution in [3.8, 4) is 0 Å². The first-order valence-electron chi connectivity index (χ1n) is 6.23. The first-order chi connectivity index (χ1) is 7.79. The van der Waals surface area contributed by atoms with Crippen molar-refractivity contribution in [2.75, 3.05) is 25.5 Å². The molecule has 0 saturated heterocycles. The number of hydrogen-bond donors (Lipinski definition) is 1. The van der Waals surface area contributed by atoms with Crippen LogP contribution < -0.4 is 10.2 Å². The summed E-state index contributed by atoms with van der Waals surface area (Å²) in [5.74, 6) is 0. The summed E-state index contributed by atoms with van der Waals surface area (Å²) < 4.78 is 0. The second-order valence-electron chi connectivity index (χ2n) is 4.29. The largest absolute Gasteiger partial charge is 0.374 e. The van der Waals surface area contributed by atoms with Gasteiger partial charge in [-0.2, -0.15) is 0 Å². The Morgan fingerprint density at radius 3 is 2.62 bits per heavy atom. The highest BCUT2D eigenvalue weighted by Crippen LogP contribution is 2.19. The first kappa shape index (κ1) is 13.0. The lowest BCUT2D eigenvalue weighted by molar-refractivity contribution is 0.701. The van der Waals surface area contributed by atoms with E-state index in [0.29, 0.717) is 0 Å². The molecule has 0 atom stereocenters. The van der Waals surface area contributed by atoms with E-state index in [-0.39, 0.29) is 0 Å². The van der Waals surface area contributed by atoms with Crippen LogP contribution in [0, 0.1) is 0 Å². The smallest absolute Gasteiger partial charge is 0.0409 e. The minimum Gasteiger partial charge on any atom is -0.374 e. The summed E-state index contributed by atoms with van der Waals surface area (Å²) in [7, 11) is 4.18. The maximum Gasteiger partial charge on any atom is 0.0409 e. The summed E-state index contributed by atoms with van der Waals surface area (Å²) in [5.41, 5.74) is 2.73. The molecule has 1 aromatic rings. The van der Waals surface area contributed by atoms with Crippen LogP contribution in [0.1, 0.15) is 31.7 Å². The molecule has 1 N–H and O–H groups in total. The molecule has 2 heteroatoms. The van der Waals surface area contributed by atoms with Gasteiger partial charge in [0.2, 0.25) is 0 Å². The van der Waals surface area contributed by atoms with Gasteiger partial charge < -0.3 is 10.2 Å². The molecule has 0 saturated carbocycles. The fraction of sp³-hybridized carbons (Fsp3) is 0.571. The van der Waals surface area contributed by atoms with Crippen molar-refractivity contribution in [2.45, 2.75) is 32.7 Å². The van der Waals surface area contributed by atoms with Gasteiger partial charge in [0.05, 0.1) is 0 Å². The van der Waals surface area contributed by atoms with Crippen molar-refractivity contribution in [2.24, 2.45) is 0 Å². The standard InChI is InChI=1S/C14H24N2/c1-4-5-8-11-16(3)14-10-7-6-9-13(14)12-15-2/h6-7,9-10,15H,4-5,8,11-12H2,1-3H3. The van der Waals surface area contributed by atoms with E-state index in [1.165, 1.54) is 30.5 Å². The van der Waals surface area contributed by atoms with Crippen LogP contribution >= 0.6 is 0 Å². The molecular formula is C14H24N2. The molecule has 0 aliphatic rings. The van der Waals surface area contributed by atoms with Gasteiger partial charge in [-0.15, -0.1) is 0 Å².